The summed E-state index contributed by atoms with van der Waals surface area (Å²) in [6.45, 7) is 5.97. The maximum Gasteiger partial charge on any atom is 0.240 e. The number of carbonyl (C=O) groups excluding carboxylic acids is 1. The molecule has 2 aromatic rings. The Morgan fingerprint density at radius 3 is 2.66 bits per heavy atom. The SMILES string of the molecule is Cc1cccc(N(CC(=O)NCCCN2CCc3ccccc32)S(C)(=O)=O)c1C. The Kier molecular flexibility index (Phi) is 6.47. The Hall–Kier alpha value is -2.54. The van der Waals surface area contributed by atoms with Crippen LogP contribution < -0.4 is 14.5 Å². The summed E-state index contributed by atoms with van der Waals surface area (Å²) in [5, 5.41) is 2.87. The molecule has 7 heteroatoms. The molecule has 1 N–H and O–H groups in total. The molecule has 0 aliphatic carbocycles. The first kappa shape index (κ1) is 21.2. The van der Waals surface area contributed by atoms with Crippen LogP contribution in [0.1, 0.15) is 23.1 Å². The van der Waals surface area contributed by atoms with Crippen molar-refractivity contribution in [3.63, 3.8) is 0 Å². The molecule has 0 atom stereocenters. The number of anilines is 2. The van der Waals surface area contributed by atoms with Crippen molar-refractivity contribution in [2.24, 2.45) is 0 Å². The highest BCUT2D eigenvalue weighted by Crippen LogP contribution is 2.27. The molecule has 0 spiro atoms. The van der Waals surface area contributed by atoms with Crippen LogP contribution in [0, 0.1) is 13.8 Å². The first-order chi connectivity index (χ1) is 13.8. The molecule has 0 saturated heterocycles. The van der Waals surface area contributed by atoms with Gasteiger partial charge in [-0.05, 0) is 55.5 Å². The number of sulfonamides is 1. The molecule has 156 valence electrons. The Labute approximate surface area is 173 Å². The number of nitrogens with one attached hydrogen (secondary N) is 1. The van der Waals surface area contributed by atoms with E-state index in [0.29, 0.717) is 12.2 Å². The lowest BCUT2D eigenvalue weighted by atomic mass is 10.1. The van der Waals surface area contributed by atoms with Crippen molar-refractivity contribution < 1.29 is 13.2 Å². The minimum absolute atomic E-state index is 0.213. The number of rotatable bonds is 8. The molecule has 1 aliphatic heterocycles. The molecule has 6 nitrogen and oxygen atoms in total. The molecule has 1 aliphatic rings. The van der Waals surface area contributed by atoms with Gasteiger partial charge >= 0.3 is 0 Å². The van der Waals surface area contributed by atoms with E-state index >= 15 is 0 Å². The van der Waals surface area contributed by atoms with Crippen molar-refractivity contribution in [3.8, 4) is 0 Å². The van der Waals surface area contributed by atoms with Crippen molar-refractivity contribution in [2.75, 3.05) is 41.6 Å². The van der Waals surface area contributed by atoms with E-state index in [1.54, 1.807) is 6.07 Å². The van der Waals surface area contributed by atoms with Crippen molar-refractivity contribution in [3.05, 3.63) is 59.2 Å². The van der Waals surface area contributed by atoms with Crippen LogP contribution in [0.3, 0.4) is 0 Å². The highest BCUT2D eigenvalue weighted by molar-refractivity contribution is 7.92. The van der Waals surface area contributed by atoms with E-state index in [2.05, 4.69) is 28.4 Å². The summed E-state index contributed by atoms with van der Waals surface area (Å²) in [6, 6.07) is 13.9. The second-order valence-corrected chi connectivity index (χ2v) is 9.46. The molecule has 0 fully saturated rings. The molecule has 0 radical (unpaired) electrons. The molecule has 3 rings (SSSR count). The number of aryl methyl sites for hydroxylation is 1. The van der Waals surface area contributed by atoms with E-state index < -0.39 is 10.0 Å². The normalized spacial score (nSPS) is 13.3. The quantitative estimate of drug-likeness (QED) is 0.673. The second-order valence-electron chi connectivity index (χ2n) is 7.56. The number of para-hydroxylation sites is 1. The van der Waals surface area contributed by atoms with Crippen LogP contribution in [0.15, 0.2) is 42.5 Å². The fraction of sp³-hybridized carbons (Fsp3) is 0.409. The predicted molar refractivity (Wildman–Crippen MR) is 118 cm³/mol. The maximum atomic E-state index is 12.4. The minimum atomic E-state index is -3.57. The fourth-order valence-electron chi connectivity index (χ4n) is 3.71. The van der Waals surface area contributed by atoms with Crippen LogP contribution in [-0.4, -0.2) is 46.8 Å². The highest BCUT2D eigenvalue weighted by Gasteiger charge is 2.23. The molecule has 0 aromatic heterocycles. The van der Waals surface area contributed by atoms with E-state index in [1.807, 2.05) is 32.0 Å². The van der Waals surface area contributed by atoms with E-state index in [1.165, 1.54) is 15.6 Å². The summed E-state index contributed by atoms with van der Waals surface area (Å²) < 4.78 is 25.8. The molecule has 0 saturated carbocycles. The zero-order valence-corrected chi connectivity index (χ0v) is 18.1. The first-order valence-electron chi connectivity index (χ1n) is 9.91. The summed E-state index contributed by atoms with van der Waals surface area (Å²) in [5.74, 6) is -0.293. The zero-order chi connectivity index (χ0) is 21.0. The number of amides is 1. The van der Waals surface area contributed by atoms with Crippen LogP contribution in [0.25, 0.3) is 0 Å². The van der Waals surface area contributed by atoms with Gasteiger partial charge in [-0.2, -0.15) is 0 Å². The lowest BCUT2D eigenvalue weighted by molar-refractivity contribution is -0.119. The smallest absolute Gasteiger partial charge is 0.240 e. The van der Waals surface area contributed by atoms with Crippen LogP contribution in [0.4, 0.5) is 11.4 Å². The van der Waals surface area contributed by atoms with Gasteiger partial charge in [-0.3, -0.25) is 9.10 Å². The monoisotopic (exact) mass is 415 g/mol. The molecule has 0 bridgehead atoms. The van der Waals surface area contributed by atoms with Crippen LogP contribution >= 0.6 is 0 Å². The fourth-order valence-corrected chi connectivity index (χ4v) is 4.62. The Morgan fingerprint density at radius 1 is 1.14 bits per heavy atom. The molecule has 2 aromatic carbocycles. The average Bonchev–Trinajstić information content (AvgIpc) is 3.08. The number of fused-ring (bicyclic) bond motifs is 1. The van der Waals surface area contributed by atoms with Crippen molar-refractivity contribution in [2.45, 2.75) is 26.7 Å². The summed E-state index contributed by atoms with van der Waals surface area (Å²) in [6.07, 6.45) is 3.00. The van der Waals surface area contributed by atoms with Gasteiger partial charge in [-0.1, -0.05) is 30.3 Å². The Morgan fingerprint density at radius 2 is 1.90 bits per heavy atom. The number of carbonyl (C=O) groups is 1. The van der Waals surface area contributed by atoms with Crippen LogP contribution in [0.2, 0.25) is 0 Å². The van der Waals surface area contributed by atoms with Crippen molar-refractivity contribution in [1.82, 2.24) is 5.32 Å². The molecule has 1 amide bonds. The predicted octanol–water partition coefficient (Wildman–Crippen LogP) is 2.64. The third-order valence-electron chi connectivity index (χ3n) is 5.44. The third kappa shape index (κ3) is 5.09. The van der Waals surface area contributed by atoms with Gasteiger partial charge in [0.25, 0.3) is 0 Å². The zero-order valence-electron chi connectivity index (χ0n) is 17.3. The van der Waals surface area contributed by atoms with Gasteiger partial charge in [0.2, 0.25) is 15.9 Å². The molecular formula is C22H29N3O3S. The number of hydrogen-bond acceptors (Lipinski definition) is 4. The first-order valence-corrected chi connectivity index (χ1v) is 11.8. The lowest BCUT2D eigenvalue weighted by Gasteiger charge is -2.24. The van der Waals surface area contributed by atoms with Gasteiger partial charge in [0, 0.05) is 25.3 Å². The highest BCUT2D eigenvalue weighted by atomic mass is 32.2. The molecule has 29 heavy (non-hydrogen) atoms. The van der Waals surface area contributed by atoms with Gasteiger partial charge in [0.1, 0.15) is 6.54 Å². The van der Waals surface area contributed by atoms with Gasteiger partial charge in [0.05, 0.1) is 11.9 Å². The standard InChI is InChI=1S/C22H29N3O3S/c1-17-8-6-11-20(18(17)2)25(29(3,27)28)16-22(26)23-13-7-14-24-15-12-19-9-4-5-10-21(19)24/h4-6,8-11H,7,12-16H2,1-3H3,(H,23,26). The van der Waals surface area contributed by atoms with Gasteiger partial charge in [-0.15, -0.1) is 0 Å². The summed E-state index contributed by atoms with van der Waals surface area (Å²) in [4.78, 5) is 14.8. The minimum Gasteiger partial charge on any atom is -0.371 e. The number of nitrogens with zero attached hydrogens (tertiary/aromatic N) is 2. The van der Waals surface area contributed by atoms with Gasteiger partial charge in [-0.25, -0.2) is 8.42 Å². The molecule has 1 heterocycles. The van der Waals surface area contributed by atoms with Crippen molar-refractivity contribution >= 4 is 27.3 Å². The van der Waals surface area contributed by atoms with Gasteiger partial charge < -0.3 is 10.2 Å². The third-order valence-corrected chi connectivity index (χ3v) is 6.57. The summed E-state index contributed by atoms with van der Waals surface area (Å²) in [7, 11) is -3.57. The van der Waals surface area contributed by atoms with E-state index in [0.717, 1.165) is 43.3 Å². The maximum absolute atomic E-state index is 12.4. The van der Waals surface area contributed by atoms with Crippen molar-refractivity contribution in [1.29, 1.82) is 0 Å². The summed E-state index contributed by atoms with van der Waals surface area (Å²) >= 11 is 0. The van der Waals surface area contributed by atoms with E-state index in [-0.39, 0.29) is 12.5 Å². The molecular weight excluding hydrogens is 386 g/mol. The second kappa shape index (κ2) is 8.86. The average molecular weight is 416 g/mol. The van der Waals surface area contributed by atoms with Gasteiger partial charge in [0.15, 0.2) is 0 Å². The Bertz CT molecular complexity index is 989. The Balaban J connectivity index is 1.54. The lowest BCUT2D eigenvalue weighted by Crippen LogP contribution is -2.41. The van der Waals surface area contributed by atoms with E-state index in [4.69, 9.17) is 0 Å². The topological polar surface area (TPSA) is 69.7 Å². The van der Waals surface area contributed by atoms with E-state index in [9.17, 15) is 13.2 Å². The van der Waals surface area contributed by atoms with Crippen LogP contribution in [-0.2, 0) is 21.2 Å². The number of hydrogen-bond donors (Lipinski definition) is 1. The molecule has 0 unspecified atom stereocenters. The van der Waals surface area contributed by atoms with Crippen LogP contribution in [0.5, 0.6) is 0 Å². The number of benzene rings is 2. The largest absolute Gasteiger partial charge is 0.371 e. The summed E-state index contributed by atoms with van der Waals surface area (Å²) in [5.41, 5.74) is 5.04.